The van der Waals surface area contributed by atoms with Crippen LogP contribution in [0.2, 0.25) is 5.02 Å². The lowest BCUT2D eigenvalue weighted by Gasteiger charge is -2.14. The minimum Gasteiger partial charge on any atom is -0.505 e. The van der Waals surface area contributed by atoms with Crippen LogP contribution in [0.5, 0.6) is 5.75 Å². The minimum absolute atomic E-state index is 0.201. The number of hydrogen-bond acceptors (Lipinski definition) is 20. The summed E-state index contributed by atoms with van der Waals surface area (Å²) in [6.07, 6.45) is -1.57. The topological polar surface area (TPSA) is 394 Å². The Balaban J connectivity index is 1.64. The summed E-state index contributed by atoms with van der Waals surface area (Å²) < 4.78 is 191. The first-order valence-electron chi connectivity index (χ1n) is 15.2. The van der Waals surface area contributed by atoms with E-state index in [1.807, 2.05) is 0 Å². The van der Waals surface area contributed by atoms with E-state index in [9.17, 15) is 69.6 Å². The van der Waals surface area contributed by atoms with Crippen molar-refractivity contribution in [2.75, 3.05) is 23.4 Å². The summed E-state index contributed by atoms with van der Waals surface area (Å²) in [5.41, 5.74) is 1.86. The molecule has 5 rings (SSSR count). The number of rotatable bonds is 14. The molecule has 24 nitrogen and oxygen atoms in total. The van der Waals surface area contributed by atoms with E-state index in [0.717, 1.165) is 36.4 Å². The quantitative estimate of drug-likeness (QED) is 0.0259. The molecular formula is C28H21ClF2N8O16S5. The van der Waals surface area contributed by atoms with E-state index in [4.69, 9.17) is 21.9 Å². The average Bonchev–Trinajstić information content (AvgIpc) is 3.10. The fourth-order valence-electron chi connectivity index (χ4n) is 4.91. The molecular weight excluding hydrogens is 938 g/mol. The zero-order valence-electron chi connectivity index (χ0n) is 28.8. The number of aromatic hydroxyl groups is 1. The van der Waals surface area contributed by atoms with Crippen LogP contribution in [0.15, 0.2) is 94.6 Å². The number of phenolic OH excluding ortho intramolecular Hbond substituents is 1. The Morgan fingerprint density at radius 1 is 0.733 bits per heavy atom. The Labute approximate surface area is 340 Å². The number of hydrogen-bond donors (Lipinski definition) is 7. The molecule has 0 amide bonds. The molecule has 5 aromatic rings. The van der Waals surface area contributed by atoms with Crippen LogP contribution in [0.25, 0.3) is 10.8 Å². The first kappa shape index (κ1) is 45.6. The average molecular weight is 959 g/mol. The number of nitrogens with two attached hydrogens (primary N) is 1. The van der Waals surface area contributed by atoms with Gasteiger partial charge in [0.15, 0.2) is 21.4 Å². The smallest absolute Gasteiger partial charge is 0.397 e. The predicted octanol–water partition coefficient (Wildman–Crippen LogP) is 4.76. The Bertz CT molecular complexity index is 3230. The summed E-state index contributed by atoms with van der Waals surface area (Å²) in [7, 11) is -25.1. The van der Waals surface area contributed by atoms with Crippen LogP contribution in [0.1, 0.15) is 0 Å². The fourth-order valence-corrected chi connectivity index (χ4v) is 8.46. The van der Waals surface area contributed by atoms with Crippen LogP contribution in [0.4, 0.5) is 48.7 Å². The van der Waals surface area contributed by atoms with Crippen molar-refractivity contribution < 1.29 is 78.4 Å². The molecule has 0 aliphatic rings. The number of nitrogen functional groups attached to an aromatic ring is 1. The lowest BCUT2D eigenvalue weighted by molar-refractivity contribution is 0.284. The molecule has 0 atom stereocenters. The van der Waals surface area contributed by atoms with Crippen LogP contribution in [0.3, 0.4) is 0 Å². The highest BCUT2D eigenvalue weighted by Gasteiger charge is 2.29. The third-order valence-electron chi connectivity index (χ3n) is 7.46. The number of azo groups is 2. The third kappa shape index (κ3) is 10.4. The molecule has 60 heavy (non-hydrogen) atoms. The monoisotopic (exact) mass is 958 g/mol. The molecule has 32 heteroatoms. The Morgan fingerprint density at radius 3 is 1.87 bits per heavy atom. The molecule has 0 bridgehead atoms. The van der Waals surface area contributed by atoms with E-state index < -0.39 is 145 Å². The zero-order chi connectivity index (χ0) is 44.7. The summed E-state index contributed by atoms with van der Waals surface area (Å²) >= 11 is 5.75. The van der Waals surface area contributed by atoms with Crippen molar-refractivity contribution in [3.05, 3.63) is 71.6 Å². The van der Waals surface area contributed by atoms with Gasteiger partial charge < -0.3 is 16.2 Å². The number of fused-ring (bicyclic) bond motifs is 1. The first-order valence-corrected chi connectivity index (χ1v) is 22.9. The lowest BCUT2D eigenvalue weighted by atomic mass is 10.1. The highest BCUT2D eigenvalue weighted by Crippen LogP contribution is 2.48. The molecule has 1 heterocycles. The second kappa shape index (κ2) is 16.5. The lowest BCUT2D eigenvalue weighted by Crippen LogP contribution is -2.15. The van der Waals surface area contributed by atoms with Gasteiger partial charge >= 0.3 is 16.5 Å². The SMILES string of the molecule is Nc1c(N=Nc2ccc(S(=O)(=O)CCOS(=O)(=O)O)cc2)c(S(=O)(=O)O)cc2cc(S(=O)(=O)O)c(N=Nc3cc(Nc4nc(F)nc(F)c4Cl)ccc3S(=O)(=O)O)c(O)c12. The molecule has 0 spiro atoms. The Kier molecular flexibility index (Phi) is 12.6. The number of nitrogens with one attached hydrogen (secondary N) is 1. The Morgan fingerprint density at radius 2 is 1.30 bits per heavy atom. The van der Waals surface area contributed by atoms with Crippen molar-refractivity contribution >= 4 is 113 Å². The van der Waals surface area contributed by atoms with Crippen molar-refractivity contribution in [3.63, 3.8) is 0 Å². The van der Waals surface area contributed by atoms with E-state index in [-0.39, 0.29) is 11.4 Å². The molecule has 0 aliphatic carbocycles. The standard InChI is InChI=1S/C28H21ClF2N8O16S5/c29-21-26(30)34-28(31)35-27(21)33-14-3-6-17(57(43,44)45)16(11-14)37-39-24-19(59(49,50)51)10-12-9-18(58(46,47)48)23(22(32)20(12)25(24)40)38-36-13-1-4-15(5-2-13)56(41,42)8-7-55-60(52,53)54/h1-6,9-11,40H,7-8,32H2,(H,33,34,35)(H,43,44,45)(H,46,47,48)(H,49,50,51)(H,52,53,54). The van der Waals surface area contributed by atoms with E-state index in [2.05, 4.69) is 39.9 Å². The van der Waals surface area contributed by atoms with Gasteiger partial charge in [0.25, 0.3) is 30.4 Å². The number of halogens is 3. The van der Waals surface area contributed by atoms with Gasteiger partial charge in [-0.3, -0.25) is 18.2 Å². The van der Waals surface area contributed by atoms with Crippen LogP contribution < -0.4 is 11.1 Å². The third-order valence-corrected chi connectivity index (χ3v) is 12.6. The number of aromatic nitrogens is 2. The summed E-state index contributed by atoms with van der Waals surface area (Å²) in [5.74, 6) is -4.36. The Hall–Kier alpha value is -5.48. The highest BCUT2D eigenvalue weighted by atomic mass is 35.5. The van der Waals surface area contributed by atoms with Gasteiger partial charge in [0.2, 0.25) is 5.95 Å². The number of sulfone groups is 1. The van der Waals surface area contributed by atoms with E-state index in [0.29, 0.717) is 18.2 Å². The normalized spacial score (nSPS) is 13.1. The van der Waals surface area contributed by atoms with Gasteiger partial charge in [-0.15, -0.1) is 15.3 Å². The van der Waals surface area contributed by atoms with Gasteiger partial charge in [0, 0.05) is 5.69 Å². The van der Waals surface area contributed by atoms with Crippen molar-refractivity contribution in [2.45, 2.75) is 19.6 Å². The van der Waals surface area contributed by atoms with Gasteiger partial charge in [0.05, 0.1) is 34.0 Å². The molecule has 0 fully saturated rings. The van der Waals surface area contributed by atoms with E-state index >= 15 is 0 Å². The van der Waals surface area contributed by atoms with Gasteiger partial charge in [-0.1, -0.05) is 11.6 Å². The molecule has 4 aromatic carbocycles. The maximum atomic E-state index is 13.9. The molecule has 0 saturated carbocycles. The molecule has 0 saturated heterocycles. The van der Waals surface area contributed by atoms with Gasteiger partial charge in [-0.2, -0.15) is 57.5 Å². The van der Waals surface area contributed by atoms with E-state index in [1.165, 1.54) is 0 Å². The number of benzene rings is 4. The number of anilines is 3. The van der Waals surface area contributed by atoms with Crippen molar-refractivity contribution in [2.24, 2.45) is 20.5 Å². The van der Waals surface area contributed by atoms with Crippen LogP contribution in [-0.2, 0) is 54.8 Å². The summed E-state index contributed by atoms with van der Waals surface area (Å²) in [6.45, 7) is -0.937. The fraction of sp³-hybridized carbons (Fsp3) is 0.0714. The van der Waals surface area contributed by atoms with Gasteiger partial charge in [-0.05, 0) is 60.0 Å². The highest BCUT2D eigenvalue weighted by molar-refractivity contribution is 7.91. The van der Waals surface area contributed by atoms with Crippen LogP contribution in [-0.4, -0.2) is 87.7 Å². The van der Waals surface area contributed by atoms with Crippen molar-refractivity contribution in [3.8, 4) is 5.75 Å². The summed E-state index contributed by atoms with van der Waals surface area (Å²) in [5, 5.41) is 26.1. The minimum atomic E-state index is -5.47. The number of nitrogens with zero attached hydrogens (tertiary/aromatic N) is 6. The second-order valence-electron chi connectivity index (χ2n) is 11.4. The maximum Gasteiger partial charge on any atom is 0.397 e. The molecule has 1 aromatic heterocycles. The largest absolute Gasteiger partial charge is 0.505 e. The molecule has 8 N–H and O–H groups in total. The predicted molar refractivity (Wildman–Crippen MR) is 200 cm³/mol. The van der Waals surface area contributed by atoms with Gasteiger partial charge in [0.1, 0.15) is 36.8 Å². The zero-order valence-corrected chi connectivity index (χ0v) is 33.6. The maximum absolute atomic E-state index is 13.9. The van der Waals surface area contributed by atoms with Crippen molar-refractivity contribution in [1.29, 1.82) is 0 Å². The molecule has 0 unspecified atom stereocenters. The molecule has 0 radical (unpaired) electrons. The van der Waals surface area contributed by atoms with Crippen LogP contribution in [0, 0.1) is 12.0 Å². The first-order chi connectivity index (χ1) is 27.6. The second-order valence-corrected chi connectivity index (χ2v) is 19.2. The molecule has 320 valence electrons. The van der Waals surface area contributed by atoms with Crippen molar-refractivity contribution in [1.82, 2.24) is 9.97 Å². The van der Waals surface area contributed by atoms with Gasteiger partial charge in [-0.25, -0.2) is 12.6 Å². The van der Waals surface area contributed by atoms with E-state index in [1.54, 1.807) is 0 Å². The summed E-state index contributed by atoms with van der Waals surface area (Å²) in [6, 6.07) is 7.43. The summed E-state index contributed by atoms with van der Waals surface area (Å²) in [4.78, 5) is 2.17. The molecule has 0 aliphatic heterocycles. The van der Waals surface area contributed by atoms with Crippen LogP contribution >= 0.6 is 11.6 Å². The number of phenols is 1.